The van der Waals surface area contributed by atoms with E-state index in [1.807, 2.05) is 0 Å². The first-order valence-electron chi connectivity index (χ1n) is 33.2. The van der Waals surface area contributed by atoms with E-state index in [0.717, 1.165) is 116 Å². The number of hydrogen-bond acceptors (Lipinski definition) is 6. The van der Waals surface area contributed by atoms with E-state index in [1.54, 1.807) is 0 Å². The molecular formula is C72H124O6. The zero-order chi connectivity index (χ0) is 56.4. The summed E-state index contributed by atoms with van der Waals surface area (Å²) in [6.45, 7) is 6.51. The van der Waals surface area contributed by atoms with Crippen LogP contribution in [0.25, 0.3) is 0 Å². The highest BCUT2D eigenvalue weighted by atomic mass is 16.6. The van der Waals surface area contributed by atoms with Crippen LogP contribution >= 0.6 is 0 Å². The molecule has 0 aliphatic rings. The molecule has 0 heterocycles. The van der Waals surface area contributed by atoms with Gasteiger partial charge in [-0.1, -0.05) is 279 Å². The topological polar surface area (TPSA) is 78.9 Å². The second-order valence-electron chi connectivity index (χ2n) is 22.0. The largest absolute Gasteiger partial charge is 0.462 e. The monoisotopic (exact) mass is 1080 g/mol. The Kier molecular flexibility index (Phi) is 62.7. The van der Waals surface area contributed by atoms with Crippen molar-refractivity contribution in [2.45, 2.75) is 329 Å². The summed E-state index contributed by atoms with van der Waals surface area (Å²) in [5, 5.41) is 0. The molecule has 0 rings (SSSR count). The average molecular weight is 1090 g/mol. The van der Waals surface area contributed by atoms with Gasteiger partial charge in [-0.25, -0.2) is 0 Å². The summed E-state index contributed by atoms with van der Waals surface area (Å²) in [4.78, 5) is 38.4. The van der Waals surface area contributed by atoms with E-state index in [2.05, 4.69) is 118 Å². The first-order chi connectivity index (χ1) is 38.5. The minimum absolute atomic E-state index is 0.0904. The van der Waals surface area contributed by atoms with Gasteiger partial charge in [0.25, 0.3) is 0 Å². The molecule has 0 radical (unpaired) electrons. The van der Waals surface area contributed by atoms with Crippen molar-refractivity contribution in [1.82, 2.24) is 0 Å². The van der Waals surface area contributed by atoms with Crippen LogP contribution in [0.2, 0.25) is 0 Å². The first kappa shape index (κ1) is 74.3. The fourth-order valence-electron chi connectivity index (χ4n) is 9.32. The molecule has 0 spiro atoms. The Morgan fingerprint density at radius 2 is 0.500 bits per heavy atom. The van der Waals surface area contributed by atoms with Gasteiger partial charge in [0.1, 0.15) is 13.2 Å². The Hall–Kier alpha value is -3.67. The summed E-state index contributed by atoms with van der Waals surface area (Å²) in [6, 6.07) is 0. The molecule has 6 heteroatoms. The molecule has 0 amide bonds. The van der Waals surface area contributed by atoms with Gasteiger partial charge < -0.3 is 14.2 Å². The normalized spacial score (nSPS) is 12.7. The molecular weight excluding hydrogens is 961 g/mol. The molecule has 6 nitrogen and oxygen atoms in total. The number of esters is 3. The van der Waals surface area contributed by atoms with Crippen molar-refractivity contribution in [3.8, 4) is 0 Å². The molecule has 0 saturated carbocycles. The van der Waals surface area contributed by atoms with Crippen molar-refractivity contribution < 1.29 is 28.6 Å². The summed E-state index contributed by atoms with van der Waals surface area (Å²) >= 11 is 0. The molecule has 0 aromatic heterocycles. The summed E-state index contributed by atoms with van der Waals surface area (Å²) in [5.74, 6) is -0.914. The van der Waals surface area contributed by atoms with Gasteiger partial charge in [-0.2, -0.15) is 0 Å². The highest BCUT2D eigenvalue weighted by molar-refractivity contribution is 5.71. The van der Waals surface area contributed by atoms with E-state index in [0.29, 0.717) is 19.3 Å². The minimum Gasteiger partial charge on any atom is -0.462 e. The quantitative estimate of drug-likeness (QED) is 0.0261. The molecule has 0 N–H and O–H groups in total. The Morgan fingerprint density at radius 3 is 0.795 bits per heavy atom. The third-order valence-electron chi connectivity index (χ3n) is 14.3. The van der Waals surface area contributed by atoms with Crippen molar-refractivity contribution in [3.63, 3.8) is 0 Å². The zero-order valence-corrected chi connectivity index (χ0v) is 51.4. The molecule has 1 atom stereocenters. The van der Waals surface area contributed by atoms with Crippen molar-refractivity contribution in [1.29, 1.82) is 0 Å². The lowest BCUT2D eigenvalue weighted by molar-refractivity contribution is -0.167. The lowest BCUT2D eigenvalue weighted by Gasteiger charge is -2.18. The van der Waals surface area contributed by atoms with Gasteiger partial charge in [0.15, 0.2) is 6.10 Å². The zero-order valence-electron chi connectivity index (χ0n) is 51.4. The number of allylic oxidation sites excluding steroid dienone is 16. The predicted molar refractivity (Wildman–Crippen MR) is 339 cm³/mol. The van der Waals surface area contributed by atoms with Gasteiger partial charge in [0.2, 0.25) is 0 Å². The van der Waals surface area contributed by atoms with Crippen LogP contribution in [0.15, 0.2) is 97.2 Å². The lowest BCUT2D eigenvalue weighted by atomic mass is 10.0. The highest BCUT2D eigenvalue weighted by Crippen LogP contribution is 2.16. The van der Waals surface area contributed by atoms with Crippen LogP contribution in [0.4, 0.5) is 0 Å². The molecule has 0 aliphatic heterocycles. The van der Waals surface area contributed by atoms with Crippen LogP contribution in [0, 0.1) is 0 Å². The van der Waals surface area contributed by atoms with Gasteiger partial charge in [-0.05, 0) is 122 Å². The smallest absolute Gasteiger partial charge is 0.306 e. The predicted octanol–water partition coefficient (Wildman–Crippen LogP) is 22.8. The van der Waals surface area contributed by atoms with Crippen molar-refractivity contribution in [3.05, 3.63) is 97.2 Å². The molecule has 0 saturated heterocycles. The van der Waals surface area contributed by atoms with Gasteiger partial charge >= 0.3 is 17.9 Å². The second kappa shape index (κ2) is 65.8. The number of carbonyl (C=O) groups excluding carboxylic acids is 3. The number of hydrogen-bond donors (Lipinski definition) is 0. The third-order valence-corrected chi connectivity index (χ3v) is 14.3. The molecule has 0 bridgehead atoms. The van der Waals surface area contributed by atoms with Crippen LogP contribution in [0.5, 0.6) is 0 Å². The van der Waals surface area contributed by atoms with E-state index >= 15 is 0 Å². The summed E-state index contributed by atoms with van der Waals surface area (Å²) in [7, 11) is 0. The third kappa shape index (κ3) is 63.2. The van der Waals surface area contributed by atoms with E-state index < -0.39 is 6.10 Å². The number of unbranched alkanes of at least 4 members (excludes halogenated alkanes) is 33. The Labute approximate surface area is 483 Å². The molecule has 0 fully saturated rings. The van der Waals surface area contributed by atoms with Crippen LogP contribution in [-0.4, -0.2) is 37.2 Å². The van der Waals surface area contributed by atoms with E-state index in [4.69, 9.17) is 14.2 Å². The van der Waals surface area contributed by atoms with E-state index in [1.165, 1.54) is 167 Å². The fraction of sp³-hybridized carbons (Fsp3) is 0.736. The number of rotatable bonds is 60. The average Bonchev–Trinajstić information content (AvgIpc) is 3.44. The summed E-state index contributed by atoms with van der Waals surface area (Å²) < 4.78 is 16.9. The van der Waals surface area contributed by atoms with Gasteiger partial charge in [-0.15, -0.1) is 0 Å². The van der Waals surface area contributed by atoms with Crippen LogP contribution < -0.4 is 0 Å². The molecule has 448 valence electrons. The van der Waals surface area contributed by atoms with Crippen molar-refractivity contribution in [2.75, 3.05) is 13.2 Å². The Bertz CT molecular complexity index is 1530. The highest BCUT2D eigenvalue weighted by Gasteiger charge is 2.19. The molecule has 0 aliphatic carbocycles. The second-order valence-corrected chi connectivity index (χ2v) is 22.0. The fourth-order valence-corrected chi connectivity index (χ4v) is 9.32. The lowest BCUT2D eigenvalue weighted by Crippen LogP contribution is -2.30. The maximum atomic E-state index is 12.9. The Morgan fingerprint density at radius 1 is 0.269 bits per heavy atom. The number of carbonyl (C=O) groups is 3. The maximum absolute atomic E-state index is 12.9. The van der Waals surface area contributed by atoms with Gasteiger partial charge in [0.05, 0.1) is 0 Å². The van der Waals surface area contributed by atoms with Gasteiger partial charge in [0, 0.05) is 19.3 Å². The SMILES string of the molecule is CC/C=C\C/C=C\C/C=C\C/C=C\CCCCCCC(=O)OC(COC(=O)CCCCCCC/C=C\CCCCCCCCC)COC(=O)CCCCCCCCCCCCCC/C=C\C/C=C\C/C=C\CCCCCCC. The van der Waals surface area contributed by atoms with Crippen LogP contribution in [0.3, 0.4) is 0 Å². The molecule has 1 unspecified atom stereocenters. The Balaban J connectivity index is 4.35. The van der Waals surface area contributed by atoms with Crippen LogP contribution in [0.1, 0.15) is 323 Å². The van der Waals surface area contributed by atoms with E-state index in [-0.39, 0.29) is 31.1 Å². The maximum Gasteiger partial charge on any atom is 0.306 e. The van der Waals surface area contributed by atoms with Crippen molar-refractivity contribution >= 4 is 17.9 Å². The van der Waals surface area contributed by atoms with Crippen LogP contribution in [-0.2, 0) is 28.6 Å². The van der Waals surface area contributed by atoms with Gasteiger partial charge in [-0.3, -0.25) is 14.4 Å². The first-order valence-corrected chi connectivity index (χ1v) is 33.2. The summed E-state index contributed by atoms with van der Waals surface area (Å²) in [6.07, 6.45) is 88.5. The molecule has 0 aromatic carbocycles. The van der Waals surface area contributed by atoms with Crippen molar-refractivity contribution in [2.24, 2.45) is 0 Å². The molecule has 78 heavy (non-hydrogen) atoms. The number of ether oxygens (including phenoxy) is 3. The summed E-state index contributed by atoms with van der Waals surface area (Å²) in [5.41, 5.74) is 0. The van der Waals surface area contributed by atoms with E-state index in [9.17, 15) is 14.4 Å². The standard InChI is InChI=1S/C72H124O6/c1-4-7-10-13-16-19-22-25-28-31-32-33-34-35-36-37-38-39-40-42-44-47-50-53-56-59-62-65-71(74)77-68-69(67-76-70(73)64-61-58-55-52-49-46-43-30-27-24-21-18-15-12-9-6-3)78-72(75)66-63-60-57-54-51-48-45-41-29-26-23-20-17-14-11-8-5-2/h8,11,17,20,22,25-26,29-32,34-35,43,45,48,69H,4-7,9-10,12-16,18-19,21,23-24,27-28,33,36-42,44,46-47,49-68H2,1-3H3/b11-8-,20-17-,25-22-,29-26-,32-31-,35-34-,43-30-,48-45-. The minimum atomic E-state index is -0.797. The molecule has 0 aromatic rings.